The second-order valence-electron chi connectivity index (χ2n) is 3.02. The van der Waals surface area contributed by atoms with Gasteiger partial charge in [-0.25, -0.2) is 0 Å². The molecular weight excluding hydrogens is 126 g/mol. The molecular formula is C8H19NO. The Morgan fingerprint density at radius 2 is 1.60 bits per heavy atom. The first-order valence-electron chi connectivity index (χ1n) is 4.08. The summed E-state index contributed by atoms with van der Waals surface area (Å²) in [5, 5.41) is 8.92. The average molecular weight is 145 g/mol. The SMILES string of the molecule is CCCC(N)(CO)CCC. The van der Waals surface area contributed by atoms with Gasteiger partial charge in [0.2, 0.25) is 0 Å². The van der Waals surface area contributed by atoms with Crippen LogP contribution in [0.1, 0.15) is 39.5 Å². The van der Waals surface area contributed by atoms with E-state index in [1.807, 2.05) is 0 Å². The molecule has 0 radical (unpaired) electrons. The molecule has 0 aliphatic heterocycles. The van der Waals surface area contributed by atoms with Gasteiger partial charge in [0.25, 0.3) is 0 Å². The Bertz CT molecular complexity index is 77.3. The highest BCUT2D eigenvalue weighted by molar-refractivity contribution is 4.81. The lowest BCUT2D eigenvalue weighted by Gasteiger charge is -2.25. The molecule has 0 fully saturated rings. The lowest BCUT2D eigenvalue weighted by molar-refractivity contribution is 0.176. The zero-order valence-electron chi connectivity index (χ0n) is 7.06. The highest BCUT2D eigenvalue weighted by Crippen LogP contribution is 2.14. The number of hydrogen-bond acceptors (Lipinski definition) is 2. The third-order valence-corrected chi connectivity index (χ3v) is 1.81. The molecule has 0 saturated heterocycles. The maximum Gasteiger partial charge on any atom is 0.0611 e. The third kappa shape index (κ3) is 3.18. The Morgan fingerprint density at radius 3 is 1.80 bits per heavy atom. The van der Waals surface area contributed by atoms with Gasteiger partial charge in [-0.15, -0.1) is 0 Å². The van der Waals surface area contributed by atoms with Gasteiger partial charge >= 0.3 is 0 Å². The number of aliphatic hydroxyl groups is 1. The molecule has 0 atom stereocenters. The number of rotatable bonds is 5. The molecule has 0 aliphatic carbocycles. The molecule has 0 amide bonds. The van der Waals surface area contributed by atoms with Gasteiger partial charge in [0.15, 0.2) is 0 Å². The molecule has 0 heterocycles. The maximum absolute atomic E-state index is 8.92. The zero-order chi connectivity index (χ0) is 8.04. The van der Waals surface area contributed by atoms with E-state index >= 15 is 0 Å². The van der Waals surface area contributed by atoms with Crippen molar-refractivity contribution in [3.05, 3.63) is 0 Å². The second-order valence-corrected chi connectivity index (χ2v) is 3.02. The van der Waals surface area contributed by atoms with Gasteiger partial charge in [-0.3, -0.25) is 0 Å². The van der Waals surface area contributed by atoms with E-state index < -0.39 is 0 Å². The Balaban J connectivity index is 3.69. The van der Waals surface area contributed by atoms with E-state index in [1.165, 1.54) is 0 Å². The third-order valence-electron chi connectivity index (χ3n) is 1.81. The summed E-state index contributed by atoms with van der Waals surface area (Å²) < 4.78 is 0. The normalized spacial score (nSPS) is 12.0. The van der Waals surface area contributed by atoms with Crippen LogP contribution in [0.25, 0.3) is 0 Å². The van der Waals surface area contributed by atoms with Crippen LogP contribution in [0.3, 0.4) is 0 Å². The summed E-state index contributed by atoms with van der Waals surface area (Å²) in [5.41, 5.74) is 5.57. The van der Waals surface area contributed by atoms with Gasteiger partial charge in [-0.2, -0.15) is 0 Å². The number of aliphatic hydroxyl groups excluding tert-OH is 1. The minimum atomic E-state index is -0.302. The van der Waals surface area contributed by atoms with Crippen LogP contribution in [0.2, 0.25) is 0 Å². The van der Waals surface area contributed by atoms with E-state index in [0.717, 1.165) is 25.7 Å². The molecule has 0 saturated carbocycles. The Kier molecular flexibility index (Phi) is 4.65. The molecule has 10 heavy (non-hydrogen) atoms. The minimum Gasteiger partial charge on any atom is -0.394 e. The molecule has 0 unspecified atom stereocenters. The van der Waals surface area contributed by atoms with Gasteiger partial charge in [-0.05, 0) is 12.8 Å². The Labute approximate surface area is 63.4 Å². The summed E-state index contributed by atoms with van der Waals surface area (Å²) in [4.78, 5) is 0. The van der Waals surface area contributed by atoms with Crippen molar-refractivity contribution in [2.75, 3.05) is 6.61 Å². The largest absolute Gasteiger partial charge is 0.394 e. The lowest BCUT2D eigenvalue weighted by atomic mass is 9.91. The van der Waals surface area contributed by atoms with Crippen LogP contribution in [-0.2, 0) is 0 Å². The zero-order valence-corrected chi connectivity index (χ0v) is 7.06. The molecule has 3 N–H and O–H groups in total. The van der Waals surface area contributed by atoms with Crippen LogP contribution in [0.4, 0.5) is 0 Å². The van der Waals surface area contributed by atoms with Crippen molar-refractivity contribution >= 4 is 0 Å². The van der Waals surface area contributed by atoms with E-state index in [0.29, 0.717) is 0 Å². The van der Waals surface area contributed by atoms with Crippen LogP contribution in [0, 0.1) is 0 Å². The first kappa shape index (κ1) is 9.92. The fraction of sp³-hybridized carbons (Fsp3) is 1.00. The first-order valence-corrected chi connectivity index (χ1v) is 4.08. The number of nitrogens with two attached hydrogens (primary N) is 1. The van der Waals surface area contributed by atoms with E-state index in [9.17, 15) is 0 Å². The molecule has 0 spiro atoms. The van der Waals surface area contributed by atoms with Crippen molar-refractivity contribution in [3.63, 3.8) is 0 Å². The smallest absolute Gasteiger partial charge is 0.0611 e. The quantitative estimate of drug-likeness (QED) is 0.612. The van der Waals surface area contributed by atoms with Gasteiger partial charge in [0, 0.05) is 5.54 Å². The highest BCUT2D eigenvalue weighted by Gasteiger charge is 2.20. The average Bonchev–Trinajstić information content (AvgIpc) is 1.89. The monoisotopic (exact) mass is 145 g/mol. The van der Waals surface area contributed by atoms with Crippen molar-refractivity contribution in [2.45, 2.75) is 45.1 Å². The van der Waals surface area contributed by atoms with Crippen LogP contribution in [0.15, 0.2) is 0 Å². The van der Waals surface area contributed by atoms with Gasteiger partial charge in [0.05, 0.1) is 6.61 Å². The predicted molar refractivity (Wildman–Crippen MR) is 43.8 cm³/mol. The molecule has 62 valence electrons. The summed E-state index contributed by atoms with van der Waals surface area (Å²) >= 11 is 0. The van der Waals surface area contributed by atoms with Crippen LogP contribution in [0.5, 0.6) is 0 Å². The van der Waals surface area contributed by atoms with Gasteiger partial charge in [-0.1, -0.05) is 26.7 Å². The van der Waals surface area contributed by atoms with Crippen molar-refractivity contribution in [2.24, 2.45) is 5.73 Å². The van der Waals surface area contributed by atoms with Crippen LogP contribution in [-0.4, -0.2) is 17.3 Å². The Hall–Kier alpha value is -0.0800. The number of hydrogen-bond donors (Lipinski definition) is 2. The standard InChI is InChI=1S/C8H19NO/c1-3-5-8(9,7-10)6-4-2/h10H,3-7,9H2,1-2H3. The van der Waals surface area contributed by atoms with Crippen molar-refractivity contribution < 1.29 is 5.11 Å². The maximum atomic E-state index is 8.92. The van der Waals surface area contributed by atoms with E-state index in [4.69, 9.17) is 10.8 Å². The molecule has 0 aromatic heterocycles. The topological polar surface area (TPSA) is 46.2 Å². The van der Waals surface area contributed by atoms with E-state index in [2.05, 4.69) is 13.8 Å². The first-order chi connectivity index (χ1) is 4.68. The second kappa shape index (κ2) is 4.69. The van der Waals surface area contributed by atoms with Crippen molar-refractivity contribution in [1.29, 1.82) is 0 Å². The molecule has 0 aromatic carbocycles. The fourth-order valence-corrected chi connectivity index (χ4v) is 1.28. The molecule has 0 bridgehead atoms. The van der Waals surface area contributed by atoms with E-state index in [-0.39, 0.29) is 12.1 Å². The fourth-order valence-electron chi connectivity index (χ4n) is 1.28. The van der Waals surface area contributed by atoms with Crippen molar-refractivity contribution in [1.82, 2.24) is 0 Å². The predicted octanol–water partition coefficient (Wildman–Crippen LogP) is 1.28. The van der Waals surface area contributed by atoms with Crippen LogP contribution >= 0.6 is 0 Å². The molecule has 2 nitrogen and oxygen atoms in total. The van der Waals surface area contributed by atoms with Gasteiger partial charge < -0.3 is 10.8 Å². The van der Waals surface area contributed by atoms with Gasteiger partial charge in [0.1, 0.15) is 0 Å². The summed E-state index contributed by atoms with van der Waals surface area (Å²) in [6.07, 6.45) is 3.96. The summed E-state index contributed by atoms with van der Waals surface area (Å²) in [7, 11) is 0. The Morgan fingerprint density at radius 1 is 1.20 bits per heavy atom. The lowest BCUT2D eigenvalue weighted by Crippen LogP contribution is -2.43. The summed E-state index contributed by atoms with van der Waals surface area (Å²) in [6.45, 7) is 4.30. The molecule has 2 heteroatoms. The molecule has 0 aliphatic rings. The summed E-state index contributed by atoms with van der Waals surface area (Å²) in [6, 6.07) is 0. The van der Waals surface area contributed by atoms with Crippen molar-refractivity contribution in [3.8, 4) is 0 Å². The summed E-state index contributed by atoms with van der Waals surface area (Å²) in [5.74, 6) is 0. The molecule has 0 aromatic rings. The highest BCUT2D eigenvalue weighted by atomic mass is 16.3. The van der Waals surface area contributed by atoms with Crippen LogP contribution < -0.4 is 5.73 Å². The minimum absolute atomic E-state index is 0.120. The van der Waals surface area contributed by atoms with E-state index in [1.54, 1.807) is 0 Å². The molecule has 0 rings (SSSR count).